The third kappa shape index (κ3) is 1.33. The summed E-state index contributed by atoms with van der Waals surface area (Å²) < 4.78 is 5.07. The monoisotopic (exact) mass is 171 g/mol. The maximum absolute atomic E-state index is 11.5. The molecule has 0 aliphatic carbocycles. The van der Waals surface area contributed by atoms with Gasteiger partial charge in [-0.1, -0.05) is 13.8 Å². The Morgan fingerprint density at radius 1 is 1.50 bits per heavy atom. The molecule has 1 saturated heterocycles. The highest BCUT2D eigenvalue weighted by Gasteiger charge is 2.40. The number of hydrogen-bond donors (Lipinski definition) is 0. The Morgan fingerprint density at radius 2 is 2.08 bits per heavy atom. The standard InChI is InChI=1S/C9H17NO2/c1-6-7(2)9(11)10(3)8(6)5-12-4/h6-8H,5H2,1-4H3. The SMILES string of the molecule is COCC1C(C)C(C)C(=O)N1C. The maximum Gasteiger partial charge on any atom is 0.225 e. The first-order valence-electron chi connectivity index (χ1n) is 4.35. The van der Waals surface area contributed by atoms with Crippen molar-refractivity contribution in [1.29, 1.82) is 0 Å². The van der Waals surface area contributed by atoms with E-state index in [0.29, 0.717) is 12.5 Å². The van der Waals surface area contributed by atoms with Crippen molar-refractivity contribution >= 4 is 5.91 Å². The highest BCUT2D eigenvalue weighted by atomic mass is 16.5. The largest absolute Gasteiger partial charge is 0.383 e. The van der Waals surface area contributed by atoms with Gasteiger partial charge in [0.1, 0.15) is 0 Å². The quantitative estimate of drug-likeness (QED) is 0.613. The second-order valence-electron chi connectivity index (χ2n) is 3.62. The van der Waals surface area contributed by atoms with Crippen LogP contribution in [-0.2, 0) is 9.53 Å². The fraction of sp³-hybridized carbons (Fsp3) is 0.889. The van der Waals surface area contributed by atoms with Crippen molar-refractivity contribution in [3.05, 3.63) is 0 Å². The molecule has 0 N–H and O–H groups in total. The molecule has 0 saturated carbocycles. The Balaban J connectivity index is 2.69. The number of carbonyl (C=O) groups is 1. The minimum Gasteiger partial charge on any atom is -0.383 e. The third-order valence-electron chi connectivity index (χ3n) is 2.97. The van der Waals surface area contributed by atoms with Crippen LogP contribution in [0.3, 0.4) is 0 Å². The van der Waals surface area contributed by atoms with E-state index in [1.807, 2.05) is 14.0 Å². The average Bonchev–Trinajstić information content (AvgIpc) is 2.23. The molecule has 12 heavy (non-hydrogen) atoms. The van der Waals surface area contributed by atoms with Gasteiger partial charge in [0.15, 0.2) is 0 Å². The zero-order chi connectivity index (χ0) is 9.30. The van der Waals surface area contributed by atoms with Crippen LogP contribution in [0.5, 0.6) is 0 Å². The number of likely N-dealkylation sites (N-methyl/N-ethyl adjacent to an activating group) is 1. The summed E-state index contributed by atoms with van der Waals surface area (Å²) in [7, 11) is 3.53. The molecule has 0 aromatic carbocycles. The van der Waals surface area contributed by atoms with Crippen LogP contribution < -0.4 is 0 Å². The van der Waals surface area contributed by atoms with E-state index in [-0.39, 0.29) is 17.9 Å². The van der Waals surface area contributed by atoms with E-state index in [1.54, 1.807) is 12.0 Å². The van der Waals surface area contributed by atoms with Crippen molar-refractivity contribution in [3.8, 4) is 0 Å². The molecule has 3 heteroatoms. The van der Waals surface area contributed by atoms with Crippen LogP contribution in [0.2, 0.25) is 0 Å². The van der Waals surface area contributed by atoms with E-state index >= 15 is 0 Å². The Bertz CT molecular complexity index is 181. The molecule has 1 amide bonds. The minimum absolute atomic E-state index is 0.148. The van der Waals surface area contributed by atoms with Crippen molar-refractivity contribution in [2.24, 2.45) is 11.8 Å². The molecular weight excluding hydrogens is 154 g/mol. The smallest absolute Gasteiger partial charge is 0.225 e. The van der Waals surface area contributed by atoms with E-state index in [2.05, 4.69) is 6.92 Å². The summed E-state index contributed by atoms with van der Waals surface area (Å²) in [4.78, 5) is 13.3. The van der Waals surface area contributed by atoms with Crippen molar-refractivity contribution in [2.75, 3.05) is 20.8 Å². The van der Waals surface area contributed by atoms with Crippen LogP contribution in [-0.4, -0.2) is 37.6 Å². The second-order valence-corrected chi connectivity index (χ2v) is 3.62. The summed E-state index contributed by atoms with van der Waals surface area (Å²) in [6.07, 6.45) is 0. The number of amides is 1. The van der Waals surface area contributed by atoms with Gasteiger partial charge in [-0.25, -0.2) is 0 Å². The zero-order valence-electron chi connectivity index (χ0n) is 8.20. The molecular formula is C9H17NO2. The normalized spacial score (nSPS) is 36.2. The summed E-state index contributed by atoms with van der Waals surface area (Å²) in [5.74, 6) is 0.794. The fourth-order valence-corrected chi connectivity index (χ4v) is 1.83. The molecule has 0 radical (unpaired) electrons. The Kier molecular flexibility index (Phi) is 2.73. The summed E-state index contributed by atoms with van der Waals surface area (Å²) in [6.45, 7) is 4.74. The van der Waals surface area contributed by atoms with Gasteiger partial charge in [0.25, 0.3) is 0 Å². The van der Waals surface area contributed by atoms with Gasteiger partial charge in [-0.3, -0.25) is 4.79 Å². The van der Waals surface area contributed by atoms with Crippen LogP contribution >= 0.6 is 0 Å². The Hall–Kier alpha value is -0.570. The molecule has 1 heterocycles. The average molecular weight is 171 g/mol. The molecule has 1 rings (SSSR count). The summed E-state index contributed by atoms with van der Waals surface area (Å²) in [5.41, 5.74) is 0. The lowest BCUT2D eigenvalue weighted by Gasteiger charge is -2.21. The second kappa shape index (κ2) is 3.44. The molecule has 1 aliphatic heterocycles. The first kappa shape index (κ1) is 9.52. The van der Waals surface area contributed by atoms with Gasteiger partial charge >= 0.3 is 0 Å². The van der Waals surface area contributed by atoms with Crippen LogP contribution in [0.15, 0.2) is 0 Å². The van der Waals surface area contributed by atoms with E-state index in [9.17, 15) is 4.79 Å². The van der Waals surface area contributed by atoms with Gasteiger partial charge in [0.05, 0.1) is 12.6 Å². The molecule has 70 valence electrons. The van der Waals surface area contributed by atoms with Gasteiger partial charge in [0.2, 0.25) is 5.91 Å². The minimum atomic E-state index is 0.148. The molecule has 3 nitrogen and oxygen atoms in total. The van der Waals surface area contributed by atoms with E-state index in [0.717, 1.165) is 0 Å². The van der Waals surface area contributed by atoms with Crippen LogP contribution in [0.1, 0.15) is 13.8 Å². The molecule has 0 spiro atoms. The first-order chi connectivity index (χ1) is 5.59. The maximum atomic E-state index is 11.5. The molecule has 1 aliphatic rings. The highest BCUT2D eigenvalue weighted by molar-refractivity contribution is 5.81. The van der Waals surface area contributed by atoms with Crippen molar-refractivity contribution in [1.82, 2.24) is 4.90 Å². The topological polar surface area (TPSA) is 29.5 Å². The van der Waals surface area contributed by atoms with Crippen LogP contribution in [0, 0.1) is 11.8 Å². The van der Waals surface area contributed by atoms with Crippen LogP contribution in [0.25, 0.3) is 0 Å². The van der Waals surface area contributed by atoms with Gasteiger partial charge in [-0.05, 0) is 5.92 Å². The van der Waals surface area contributed by atoms with E-state index < -0.39 is 0 Å². The molecule has 0 aromatic heterocycles. The predicted octanol–water partition coefficient (Wildman–Crippen LogP) is 0.746. The molecule has 3 unspecified atom stereocenters. The summed E-state index contributed by atoms with van der Waals surface area (Å²) in [6, 6.07) is 0.262. The van der Waals surface area contributed by atoms with Gasteiger partial charge in [-0.15, -0.1) is 0 Å². The zero-order valence-corrected chi connectivity index (χ0v) is 8.20. The summed E-state index contributed by atoms with van der Waals surface area (Å²) in [5, 5.41) is 0. The number of likely N-dealkylation sites (tertiary alicyclic amines) is 1. The number of hydrogen-bond acceptors (Lipinski definition) is 2. The predicted molar refractivity (Wildman–Crippen MR) is 46.8 cm³/mol. The lowest BCUT2D eigenvalue weighted by atomic mass is 9.94. The van der Waals surface area contributed by atoms with E-state index in [1.165, 1.54) is 0 Å². The van der Waals surface area contributed by atoms with Crippen molar-refractivity contribution in [2.45, 2.75) is 19.9 Å². The van der Waals surface area contributed by atoms with Crippen molar-refractivity contribution in [3.63, 3.8) is 0 Å². The number of carbonyl (C=O) groups excluding carboxylic acids is 1. The highest BCUT2D eigenvalue weighted by Crippen LogP contribution is 2.28. The van der Waals surface area contributed by atoms with Gasteiger partial charge in [0, 0.05) is 20.1 Å². The number of ether oxygens (including phenoxy) is 1. The number of rotatable bonds is 2. The third-order valence-corrected chi connectivity index (χ3v) is 2.97. The Labute approximate surface area is 73.7 Å². The Morgan fingerprint density at radius 3 is 2.42 bits per heavy atom. The molecule has 0 aromatic rings. The molecule has 1 fully saturated rings. The number of methoxy groups -OCH3 is 1. The van der Waals surface area contributed by atoms with Gasteiger partial charge < -0.3 is 9.64 Å². The number of nitrogens with zero attached hydrogens (tertiary/aromatic N) is 1. The van der Waals surface area contributed by atoms with Gasteiger partial charge in [-0.2, -0.15) is 0 Å². The lowest BCUT2D eigenvalue weighted by molar-refractivity contribution is -0.130. The lowest BCUT2D eigenvalue weighted by Crippen LogP contribution is -2.34. The van der Waals surface area contributed by atoms with Crippen LogP contribution in [0.4, 0.5) is 0 Å². The fourth-order valence-electron chi connectivity index (χ4n) is 1.83. The molecule has 0 bridgehead atoms. The summed E-state index contributed by atoms with van der Waals surface area (Å²) >= 11 is 0. The van der Waals surface area contributed by atoms with E-state index in [4.69, 9.17) is 4.74 Å². The molecule has 3 atom stereocenters. The first-order valence-corrected chi connectivity index (χ1v) is 4.35. The van der Waals surface area contributed by atoms with Crippen molar-refractivity contribution < 1.29 is 9.53 Å².